The van der Waals surface area contributed by atoms with Crippen LogP contribution in [0.2, 0.25) is 0 Å². The molecule has 0 saturated carbocycles. The lowest BCUT2D eigenvalue weighted by atomic mass is 9.99. The quantitative estimate of drug-likeness (QED) is 0.931. The fraction of sp³-hybridized carbons (Fsp3) is 0.143. The van der Waals surface area contributed by atoms with Crippen molar-refractivity contribution in [2.24, 2.45) is 5.73 Å². The number of hydrogen-bond acceptors (Lipinski definition) is 2. The second-order valence-corrected chi connectivity index (χ2v) is 4.89. The van der Waals surface area contributed by atoms with Crippen molar-refractivity contribution in [2.45, 2.75) is 6.04 Å². The molecule has 1 unspecified atom stereocenters. The molecule has 0 fully saturated rings. The van der Waals surface area contributed by atoms with Gasteiger partial charge in [-0.1, -0.05) is 22.0 Å². The van der Waals surface area contributed by atoms with Crippen molar-refractivity contribution >= 4 is 15.9 Å². The molecule has 0 aliphatic heterocycles. The van der Waals surface area contributed by atoms with E-state index in [1.165, 1.54) is 19.2 Å². The normalized spacial score (nSPS) is 12.3. The van der Waals surface area contributed by atoms with Crippen LogP contribution < -0.4 is 10.5 Å². The zero-order chi connectivity index (χ0) is 14.0. The summed E-state index contributed by atoms with van der Waals surface area (Å²) < 4.78 is 32.5. The summed E-state index contributed by atoms with van der Waals surface area (Å²) in [6.07, 6.45) is 0. The smallest absolute Gasteiger partial charge is 0.131 e. The van der Waals surface area contributed by atoms with E-state index in [-0.39, 0.29) is 5.56 Å². The molecule has 0 aliphatic carbocycles. The fourth-order valence-electron chi connectivity index (χ4n) is 1.81. The molecular formula is C14H12BrF2NO. The highest BCUT2D eigenvalue weighted by atomic mass is 79.9. The van der Waals surface area contributed by atoms with Gasteiger partial charge in [-0.2, -0.15) is 0 Å². The van der Waals surface area contributed by atoms with E-state index in [1.54, 1.807) is 18.2 Å². The summed E-state index contributed by atoms with van der Waals surface area (Å²) >= 11 is 3.36. The number of halogens is 3. The number of ether oxygens (including phenoxy) is 1. The lowest BCUT2D eigenvalue weighted by molar-refractivity contribution is 0.414. The van der Waals surface area contributed by atoms with Gasteiger partial charge in [0.25, 0.3) is 0 Å². The SMILES string of the molecule is COc1ccc(Br)c(C(N)c2ccc(F)cc2F)c1. The lowest BCUT2D eigenvalue weighted by Crippen LogP contribution is -2.14. The summed E-state index contributed by atoms with van der Waals surface area (Å²) in [5.41, 5.74) is 6.95. The van der Waals surface area contributed by atoms with Crippen LogP contribution in [0.15, 0.2) is 40.9 Å². The van der Waals surface area contributed by atoms with Crippen molar-refractivity contribution in [1.29, 1.82) is 0 Å². The first-order valence-electron chi connectivity index (χ1n) is 5.57. The number of rotatable bonds is 3. The molecule has 2 aromatic carbocycles. The monoisotopic (exact) mass is 327 g/mol. The van der Waals surface area contributed by atoms with Crippen LogP contribution in [0.1, 0.15) is 17.2 Å². The predicted molar refractivity (Wildman–Crippen MR) is 73.1 cm³/mol. The molecule has 0 saturated heterocycles. The highest BCUT2D eigenvalue weighted by molar-refractivity contribution is 9.10. The van der Waals surface area contributed by atoms with Crippen LogP contribution >= 0.6 is 15.9 Å². The third kappa shape index (κ3) is 2.93. The van der Waals surface area contributed by atoms with Crippen molar-refractivity contribution < 1.29 is 13.5 Å². The average molecular weight is 328 g/mol. The van der Waals surface area contributed by atoms with Gasteiger partial charge in [-0.05, 0) is 29.8 Å². The number of hydrogen-bond donors (Lipinski definition) is 1. The van der Waals surface area contributed by atoms with E-state index in [1.807, 2.05) is 0 Å². The Bertz CT molecular complexity index is 604. The van der Waals surface area contributed by atoms with Crippen molar-refractivity contribution in [3.05, 3.63) is 63.6 Å². The van der Waals surface area contributed by atoms with Crippen LogP contribution in [-0.2, 0) is 0 Å². The Balaban J connectivity index is 2.46. The van der Waals surface area contributed by atoms with Gasteiger partial charge in [0.2, 0.25) is 0 Å². The Morgan fingerprint density at radius 2 is 1.84 bits per heavy atom. The molecule has 2 nitrogen and oxygen atoms in total. The third-order valence-electron chi connectivity index (χ3n) is 2.84. The minimum Gasteiger partial charge on any atom is -0.497 e. The Morgan fingerprint density at radius 1 is 1.11 bits per heavy atom. The summed E-state index contributed by atoms with van der Waals surface area (Å²) in [4.78, 5) is 0. The second-order valence-electron chi connectivity index (χ2n) is 4.03. The van der Waals surface area contributed by atoms with Crippen molar-refractivity contribution in [3.8, 4) is 5.75 Å². The van der Waals surface area contributed by atoms with Crippen LogP contribution in [-0.4, -0.2) is 7.11 Å². The van der Waals surface area contributed by atoms with E-state index in [0.717, 1.165) is 10.5 Å². The Morgan fingerprint density at radius 3 is 2.47 bits per heavy atom. The van der Waals surface area contributed by atoms with Crippen LogP contribution in [0, 0.1) is 11.6 Å². The van der Waals surface area contributed by atoms with E-state index in [2.05, 4.69) is 15.9 Å². The third-order valence-corrected chi connectivity index (χ3v) is 3.56. The van der Waals surface area contributed by atoms with Gasteiger partial charge in [0, 0.05) is 16.1 Å². The van der Waals surface area contributed by atoms with Crippen molar-refractivity contribution in [1.82, 2.24) is 0 Å². The molecule has 2 rings (SSSR count). The van der Waals surface area contributed by atoms with Crippen molar-refractivity contribution in [2.75, 3.05) is 7.11 Å². The van der Waals surface area contributed by atoms with Gasteiger partial charge in [-0.25, -0.2) is 8.78 Å². The zero-order valence-electron chi connectivity index (χ0n) is 10.2. The summed E-state index contributed by atoms with van der Waals surface area (Å²) in [7, 11) is 1.54. The lowest BCUT2D eigenvalue weighted by Gasteiger charge is -2.16. The molecule has 5 heteroatoms. The maximum atomic E-state index is 13.7. The van der Waals surface area contributed by atoms with Gasteiger partial charge in [0.15, 0.2) is 0 Å². The first-order chi connectivity index (χ1) is 9.02. The van der Waals surface area contributed by atoms with E-state index >= 15 is 0 Å². The van der Waals surface area contributed by atoms with Gasteiger partial charge in [0.1, 0.15) is 17.4 Å². The van der Waals surface area contributed by atoms with Crippen LogP contribution in [0.4, 0.5) is 8.78 Å². The van der Waals surface area contributed by atoms with E-state index in [9.17, 15) is 8.78 Å². The molecule has 0 aliphatic rings. The first-order valence-corrected chi connectivity index (χ1v) is 6.36. The minimum absolute atomic E-state index is 0.232. The molecule has 0 amide bonds. The Labute approximate surface area is 118 Å². The summed E-state index contributed by atoms with van der Waals surface area (Å²) in [6, 6.07) is 7.91. The second kappa shape index (κ2) is 5.67. The fourth-order valence-corrected chi connectivity index (χ4v) is 2.30. The van der Waals surface area contributed by atoms with Crippen LogP contribution in [0.5, 0.6) is 5.75 Å². The largest absolute Gasteiger partial charge is 0.497 e. The summed E-state index contributed by atoms with van der Waals surface area (Å²) in [5, 5.41) is 0. The van der Waals surface area contributed by atoms with Gasteiger partial charge < -0.3 is 10.5 Å². The molecule has 100 valence electrons. The molecule has 0 spiro atoms. The number of methoxy groups -OCH3 is 1. The zero-order valence-corrected chi connectivity index (χ0v) is 11.7. The first kappa shape index (κ1) is 14.0. The Kier molecular flexibility index (Phi) is 4.17. The molecule has 2 N–H and O–H groups in total. The number of benzene rings is 2. The molecule has 1 atom stereocenters. The van der Waals surface area contributed by atoms with E-state index in [4.69, 9.17) is 10.5 Å². The molecule has 0 radical (unpaired) electrons. The van der Waals surface area contributed by atoms with Gasteiger partial charge in [-0.15, -0.1) is 0 Å². The molecule has 2 aromatic rings. The van der Waals surface area contributed by atoms with Gasteiger partial charge in [0.05, 0.1) is 13.2 Å². The van der Waals surface area contributed by atoms with Crippen LogP contribution in [0.25, 0.3) is 0 Å². The highest BCUT2D eigenvalue weighted by Gasteiger charge is 2.17. The maximum absolute atomic E-state index is 13.7. The summed E-state index contributed by atoms with van der Waals surface area (Å²) in [5.74, 6) is -0.670. The summed E-state index contributed by atoms with van der Waals surface area (Å²) in [6.45, 7) is 0. The topological polar surface area (TPSA) is 35.2 Å². The molecule has 19 heavy (non-hydrogen) atoms. The minimum atomic E-state index is -0.704. The average Bonchev–Trinajstić information content (AvgIpc) is 2.38. The Hall–Kier alpha value is -1.46. The molecule has 0 aromatic heterocycles. The van der Waals surface area contributed by atoms with Crippen LogP contribution in [0.3, 0.4) is 0 Å². The van der Waals surface area contributed by atoms with Gasteiger partial charge in [-0.3, -0.25) is 0 Å². The molecule has 0 bridgehead atoms. The molecule has 0 heterocycles. The molecular weight excluding hydrogens is 316 g/mol. The van der Waals surface area contributed by atoms with Gasteiger partial charge >= 0.3 is 0 Å². The highest BCUT2D eigenvalue weighted by Crippen LogP contribution is 2.31. The maximum Gasteiger partial charge on any atom is 0.131 e. The number of nitrogens with two attached hydrogens (primary N) is 1. The standard InChI is InChI=1S/C14H12BrF2NO/c1-19-9-3-5-12(15)11(7-9)14(18)10-4-2-8(16)6-13(10)17/h2-7,14H,18H2,1H3. The van der Waals surface area contributed by atoms with E-state index in [0.29, 0.717) is 11.3 Å². The van der Waals surface area contributed by atoms with E-state index < -0.39 is 17.7 Å². The predicted octanol–water partition coefficient (Wildman–Crippen LogP) is 3.78. The van der Waals surface area contributed by atoms with Crippen molar-refractivity contribution in [3.63, 3.8) is 0 Å².